The van der Waals surface area contributed by atoms with E-state index >= 15 is 0 Å². The van der Waals surface area contributed by atoms with Crippen molar-refractivity contribution in [2.45, 2.75) is 45.6 Å². The first-order chi connectivity index (χ1) is 8.74. The summed E-state index contributed by atoms with van der Waals surface area (Å²) < 4.78 is 5.79. The highest BCUT2D eigenvalue weighted by Crippen LogP contribution is 2.39. The predicted octanol–water partition coefficient (Wildman–Crippen LogP) is 3.87. The Morgan fingerprint density at radius 1 is 1.22 bits per heavy atom. The fraction of sp³-hybridized carbons (Fsp3) is 0.600. The molecule has 0 bridgehead atoms. The smallest absolute Gasteiger partial charge is 0.144 e. The van der Waals surface area contributed by atoms with Gasteiger partial charge >= 0.3 is 0 Å². The molecule has 0 fully saturated rings. The number of hydrogen-bond donors (Lipinski definition) is 2. The second-order valence-corrected chi connectivity index (χ2v) is 4.99. The number of hydrogen-bond acceptors (Lipinski definition) is 3. The summed E-state index contributed by atoms with van der Waals surface area (Å²) in [6, 6.07) is 6.22. The maximum Gasteiger partial charge on any atom is 0.144 e. The lowest BCUT2D eigenvalue weighted by Gasteiger charge is -2.40. The second kappa shape index (κ2) is 5.51. The third-order valence-electron chi connectivity index (χ3n) is 3.84. The van der Waals surface area contributed by atoms with E-state index < -0.39 is 0 Å². The lowest BCUT2D eigenvalue weighted by Crippen LogP contribution is -2.46. The SMILES string of the molecule is CCCOc1cccc2c1NCC(CC)(CC)N2. The van der Waals surface area contributed by atoms with Crippen LogP contribution in [0.2, 0.25) is 0 Å². The van der Waals surface area contributed by atoms with Crippen LogP contribution in [0.15, 0.2) is 18.2 Å². The van der Waals surface area contributed by atoms with Crippen molar-refractivity contribution in [2.75, 3.05) is 23.8 Å². The molecule has 3 nitrogen and oxygen atoms in total. The van der Waals surface area contributed by atoms with Crippen LogP contribution in [0.3, 0.4) is 0 Å². The fourth-order valence-corrected chi connectivity index (χ4v) is 2.41. The lowest BCUT2D eigenvalue weighted by atomic mass is 9.90. The molecular formula is C15H24N2O. The third-order valence-corrected chi connectivity index (χ3v) is 3.84. The van der Waals surface area contributed by atoms with E-state index in [-0.39, 0.29) is 5.54 Å². The summed E-state index contributed by atoms with van der Waals surface area (Å²) in [6.45, 7) is 8.33. The maximum absolute atomic E-state index is 5.79. The largest absolute Gasteiger partial charge is 0.491 e. The molecule has 1 aromatic carbocycles. The molecule has 100 valence electrons. The summed E-state index contributed by atoms with van der Waals surface area (Å²) in [4.78, 5) is 0. The number of anilines is 2. The van der Waals surface area contributed by atoms with Gasteiger partial charge < -0.3 is 15.4 Å². The van der Waals surface area contributed by atoms with Crippen LogP contribution in [-0.4, -0.2) is 18.7 Å². The minimum atomic E-state index is 0.177. The van der Waals surface area contributed by atoms with Crippen LogP contribution in [0.5, 0.6) is 5.75 Å². The van der Waals surface area contributed by atoms with Crippen LogP contribution in [0.25, 0.3) is 0 Å². The number of fused-ring (bicyclic) bond motifs is 1. The van der Waals surface area contributed by atoms with Crippen molar-refractivity contribution < 1.29 is 4.74 Å². The fourth-order valence-electron chi connectivity index (χ4n) is 2.41. The molecule has 3 heteroatoms. The van der Waals surface area contributed by atoms with Crippen molar-refractivity contribution in [1.82, 2.24) is 0 Å². The molecule has 1 aromatic rings. The zero-order valence-electron chi connectivity index (χ0n) is 11.7. The molecule has 0 aliphatic carbocycles. The molecule has 0 atom stereocenters. The molecule has 0 radical (unpaired) electrons. The summed E-state index contributed by atoms with van der Waals surface area (Å²) >= 11 is 0. The van der Waals surface area contributed by atoms with E-state index in [9.17, 15) is 0 Å². The molecule has 0 aromatic heterocycles. The molecule has 1 heterocycles. The van der Waals surface area contributed by atoms with Crippen molar-refractivity contribution >= 4 is 11.4 Å². The van der Waals surface area contributed by atoms with Gasteiger partial charge in [0.25, 0.3) is 0 Å². The molecule has 0 spiro atoms. The van der Waals surface area contributed by atoms with E-state index in [0.29, 0.717) is 0 Å². The Balaban J connectivity index is 2.23. The van der Waals surface area contributed by atoms with Gasteiger partial charge in [-0.1, -0.05) is 26.8 Å². The van der Waals surface area contributed by atoms with Gasteiger partial charge in [0.1, 0.15) is 11.4 Å². The highest BCUT2D eigenvalue weighted by molar-refractivity contribution is 5.78. The highest BCUT2D eigenvalue weighted by atomic mass is 16.5. The first-order valence-corrected chi connectivity index (χ1v) is 7.02. The lowest BCUT2D eigenvalue weighted by molar-refractivity contribution is 0.318. The van der Waals surface area contributed by atoms with Gasteiger partial charge in [0.05, 0.1) is 17.8 Å². The number of para-hydroxylation sites is 1. The topological polar surface area (TPSA) is 33.3 Å². The van der Waals surface area contributed by atoms with Crippen LogP contribution < -0.4 is 15.4 Å². The minimum absolute atomic E-state index is 0.177. The number of ether oxygens (including phenoxy) is 1. The Bertz CT molecular complexity index is 399. The summed E-state index contributed by atoms with van der Waals surface area (Å²) in [5, 5.41) is 7.23. The number of nitrogens with one attached hydrogen (secondary N) is 2. The summed E-state index contributed by atoms with van der Waals surface area (Å²) in [7, 11) is 0. The molecule has 0 amide bonds. The number of rotatable bonds is 5. The molecule has 0 saturated heterocycles. The van der Waals surface area contributed by atoms with E-state index in [0.717, 1.165) is 43.9 Å². The van der Waals surface area contributed by atoms with Crippen LogP contribution in [0.1, 0.15) is 40.0 Å². The monoisotopic (exact) mass is 248 g/mol. The van der Waals surface area contributed by atoms with Crippen molar-refractivity contribution in [3.63, 3.8) is 0 Å². The predicted molar refractivity (Wildman–Crippen MR) is 77.7 cm³/mol. The molecule has 2 N–H and O–H groups in total. The van der Waals surface area contributed by atoms with Gasteiger partial charge in [-0.25, -0.2) is 0 Å². The summed E-state index contributed by atoms with van der Waals surface area (Å²) in [5.41, 5.74) is 2.46. The Morgan fingerprint density at radius 3 is 2.67 bits per heavy atom. The molecule has 1 aliphatic rings. The van der Waals surface area contributed by atoms with E-state index in [1.54, 1.807) is 0 Å². The van der Waals surface area contributed by atoms with Gasteiger partial charge in [-0.05, 0) is 31.4 Å². The summed E-state index contributed by atoms with van der Waals surface area (Å²) in [5.74, 6) is 0.961. The van der Waals surface area contributed by atoms with Gasteiger partial charge in [-0.2, -0.15) is 0 Å². The second-order valence-electron chi connectivity index (χ2n) is 4.99. The van der Waals surface area contributed by atoms with Crippen LogP contribution >= 0.6 is 0 Å². The Hall–Kier alpha value is -1.38. The van der Waals surface area contributed by atoms with Crippen LogP contribution in [-0.2, 0) is 0 Å². The van der Waals surface area contributed by atoms with Crippen molar-refractivity contribution in [3.8, 4) is 5.75 Å². The van der Waals surface area contributed by atoms with Gasteiger partial charge in [0, 0.05) is 6.54 Å². The van der Waals surface area contributed by atoms with Crippen molar-refractivity contribution in [3.05, 3.63) is 18.2 Å². The zero-order valence-corrected chi connectivity index (χ0v) is 11.7. The van der Waals surface area contributed by atoms with Crippen molar-refractivity contribution in [1.29, 1.82) is 0 Å². The zero-order chi connectivity index (χ0) is 13.0. The van der Waals surface area contributed by atoms with Crippen molar-refractivity contribution in [2.24, 2.45) is 0 Å². The van der Waals surface area contributed by atoms with E-state index in [2.05, 4.69) is 43.5 Å². The Kier molecular flexibility index (Phi) is 4.00. The first kappa shape index (κ1) is 13.1. The maximum atomic E-state index is 5.79. The molecule has 2 rings (SSSR count). The van der Waals surface area contributed by atoms with E-state index in [1.165, 1.54) is 5.69 Å². The van der Waals surface area contributed by atoms with Crippen LogP contribution in [0, 0.1) is 0 Å². The van der Waals surface area contributed by atoms with Gasteiger partial charge in [-0.3, -0.25) is 0 Å². The summed E-state index contributed by atoms with van der Waals surface area (Å²) in [6.07, 6.45) is 3.27. The third kappa shape index (κ3) is 2.40. The normalized spacial score (nSPS) is 16.4. The number of benzene rings is 1. The standard InChI is InChI=1S/C15H24N2O/c1-4-10-18-13-9-7-8-12-14(13)16-11-15(5-2,6-3)17-12/h7-9,16-17H,4-6,10-11H2,1-3H3. The van der Waals surface area contributed by atoms with E-state index in [4.69, 9.17) is 4.74 Å². The average Bonchev–Trinajstić information content (AvgIpc) is 2.44. The Morgan fingerprint density at radius 2 is 2.00 bits per heavy atom. The van der Waals surface area contributed by atoms with E-state index in [1.807, 2.05) is 6.07 Å². The molecule has 18 heavy (non-hydrogen) atoms. The molecular weight excluding hydrogens is 224 g/mol. The first-order valence-electron chi connectivity index (χ1n) is 7.02. The molecule has 0 saturated carbocycles. The van der Waals surface area contributed by atoms with Gasteiger partial charge in [-0.15, -0.1) is 0 Å². The molecule has 1 aliphatic heterocycles. The molecule has 0 unspecified atom stereocenters. The highest BCUT2D eigenvalue weighted by Gasteiger charge is 2.31. The minimum Gasteiger partial charge on any atom is -0.491 e. The quantitative estimate of drug-likeness (QED) is 0.830. The average molecular weight is 248 g/mol. The van der Waals surface area contributed by atoms with Gasteiger partial charge in [0.15, 0.2) is 0 Å². The van der Waals surface area contributed by atoms with Gasteiger partial charge in [0.2, 0.25) is 0 Å². The Labute approximate surface area is 110 Å². The van der Waals surface area contributed by atoms with Crippen LogP contribution in [0.4, 0.5) is 11.4 Å².